The third-order valence-corrected chi connectivity index (χ3v) is 6.74. The molecule has 0 saturated heterocycles. The van der Waals surface area contributed by atoms with Crippen LogP contribution in [-0.2, 0) is 19.3 Å². The number of nitrogens with zero attached hydrogens (tertiary/aromatic N) is 1. The zero-order chi connectivity index (χ0) is 21.8. The van der Waals surface area contributed by atoms with Crippen LogP contribution in [0.15, 0.2) is 48.8 Å². The van der Waals surface area contributed by atoms with Crippen molar-refractivity contribution in [3.8, 4) is 16.9 Å². The second-order valence-corrected chi connectivity index (χ2v) is 9.03. The Morgan fingerprint density at radius 3 is 2.62 bits per heavy atom. The highest BCUT2D eigenvalue weighted by molar-refractivity contribution is 6.00. The Balaban J connectivity index is 1.41. The van der Waals surface area contributed by atoms with Crippen LogP contribution in [-0.4, -0.2) is 35.2 Å². The molecule has 0 atom stereocenters. The number of benzene rings is 2. The van der Waals surface area contributed by atoms with Crippen molar-refractivity contribution in [1.29, 1.82) is 0 Å². The number of fused-ring (bicyclic) bond motifs is 1. The fraction of sp³-hybridized carbons (Fsp3) is 0.407. The maximum Gasteiger partial charge on any atom is 0.170 e. The van der Waals surface area contributed by atoms with Crippen LogP contribution in [0.25, 0.3) is 11.1 Å². The summed E-state index contributed by atoms with van der Waals surface area (Å²) >= 11 is 0. The van der Waals surface area contributed by atoms with Crippen molar-refractivity contribution in [2.45, 2.75) is 57.5 Å². The molecule has 2 aliphatic rings. The van der Waals surface area contributed by atoms with Crippen molar-refractivity contribution in [1.82, 2.24) is 15.5 Å². The van der Waals surface area contributed by atoms with Crippen LogP contribution in [0.3, 0.4) is 0 Å². The molecule has 5 rings (SSSR count). The highest BCUT2D eigenvalue weighted by Gasteiger charge is 2.21. The van der Waals surface area contributed by atoms with E-state index in [0.717, 1.165) is 55.5 Å². The van der Waals surface area contributed by atoms with Crippen molar-refractivity contribution >= 4 is 5.78 Å². The van der Waals surface area contributed by atoms with Crippen LogP contribution in [0.5, 0.6) is 5.75 Å². The zero-order valence-electron chi connectivity index (χ0n) is 18.5. The summed E-state index contributed by atoms with van der Waals surface area (Å²) < 4.78 is 6.43. The number of Topliss-reactive ketones (excluding diaryl/α,β-unsaturated/α-hetero) is 1. The first-order chi connectivity index (χ1) is 15.8. The van der Waals surface area contributed by atoms with Gasteiger partial charge in [0.15, 0.2) is 5.78 Å². The Labute approximate surface area is 189 Å². The van der Waals surface area contributed by atoms with E-state index in [1.807, 2.05) is 24.4 Å². The molecule has 0 radical (unpaired) electrons. The van der Waals surface area contributed by atoms with Gasteiger partial charge in [-0.2, -0.15) is 5.10 Å². The third-order valence-electron chi connectivity index (χ3n) is 6.74. The maximum atomic E-state index is 13.4. The summed E-state index contributed by atoms with van der Waals surface area (Å²) in [7, 11) is 0. The predicted molar refractivity (Wildman–Crippen MR) is 126 cm³/mol. The van der Waals surface area contributed by atoms with Gasteiger partial charge < -0.3 is 10.1 Å². The smallest absolute Gasteiger partial charge is 0.170 e. The van der Waals surface area contributed by atoms with Crippen molar-refractivity contribution < 1.29 is 9.53 Å². The molecule has 2 aromatic carbocycles. The summed E-state index contributed by atoms with van der Waals surface area (Å²) in [5.74, 6) is 0.820. The first-order valence-electron chi connectivity index (χ1n) is 11.9. The van der Waals surface area contributed by atoms with E-state index in [1.54, 1.807) is 6.20 Å². The molecule has 32 heavy (non-hydrogen) atoms. The minimum Gasteiger partial charge on any atom is -0.490 e. The number of nitrogens with one attached hydrogen (secondary N) is 2. The minimum absolute atomic E-state index is 0.112. The van der Waals surface area contributed by atoms with Crippen LogP contribution in [0.2, 0.25) is 0 Å². The molecule has 5 nitrogen and oxygen atoms in total. The number of rotatable bonds is 6. The first kappa shape index (κ1) is 21.0. The van der Waals surface area contributed by atoms with Gasteiger partial charge in [-0.3, -0.25) is 9.89 Å². The van der Waals surface area contributed by atoms with Gasteiger partial charge in [0, 0.05) is 18.2 Å². The lowest BCUT2D eigenvalue weighted by Crippen LogP contribution is -2.21. The molecule has 0 bridgehead atoms. The van der Waals surface area contributed by atoms with Gasteiger partial charge in [0.25, 0.3) is 0 Å². The Hall–Kier alpha value is -2.92. The molecule has 0 unspecified atom stereocenters. The quantitative estimate of drug-likeness (QED) is 0.547. The molecule has 1 saturated carbocycles. The van der Waals surface area contributed by atoms with E-state index >= 15 is 0 Å². The second kappa shape index (κ2) is 9.70. The van der Waals surface area contributed by atoms with Crippen LogP contribution in [0.1, 0.15) is 59.2 Å². The lowest BCUT2D eigenvalue weighted by Gasteiger charge is -2.24. The lowest BCUT2D eigenvalue weighted by molar-refractivity contribution is 0.0981. The van der Waals surface area contributed by atoms with E-state index in [1.165, 1.54) is 30.4 Å². The van der Waals surface area contributed by atoms with E-state index in [2.05, 4.69) is 33.7 Å². The molecule has 0 spiro atoms. The Morgan fingerprint density at radius 2 is 1.81 bits per heavy atom. The summed E-state index contributed by atoms with van der Waals surface area (Å²) in [6.45, 7) is 2.02. The van der Waals surface area contributed by atoms with Gasteiger partial charge in [-0.05, 0) is 86.0 Å². The van der Waals surface area contributed by atoms with Crippen LogP contribution in [0, 0.1) is 0 Å². The van der Waals surface area contributed by atoms with Gasteiger partial charge in [0.05, 0.1) is 17.9 Å². The molecular weight excluding hydrogens is 398 g/mol. The summed E-state index contributed by atoms with van der Waals surface area (Å²) in [5.41, 5.74) is 6.54. The molecule has 5 heteroatoms. The number of ketones is 1. The fourth-order valence-electron chi connectivity index (χ4n) is 4.92. The monoisotopic (exact) mass is 429 g/mol. The van der Waals surface area contributed by atoms with Crippen LogP contribution >= 0.6 is 0 Å². The number of carbonyl (C=O) groups is 1. The Bertz CT molecular complexity index is 1070. The van der Waals surface area contributed by atoms with Gasteiger partial charge in [0.1, 0.15) is 5.75 Å². The van der Waals surface area contributed by atoms with E-state index in [-0.39, 0.29) is 11.9 Å². The van der Waals surface area contributed by atoms with E-state index < -0.39 is 0 Å². The molecule has 2 N–H and O–H groups in total. The molecular formula is C27H31N3O2. The summed E-state index contributed by atoms with van der Waals surface area (Å²) in [6.07, 6.45) is 12.1. The number of H-pyrrole nitrogens is 1. The van der Waals surface area contributed by atoms with Crippen LogP contribution in [0.4, 0.5) is 0 Å². The average molecular weight is 430 g/mol. The minimum atomic E-state index is 0.112. The topological polar surface area (TPSA) is 67.0 Å². The third kappa shape index (κ3) is 4.78. The number of hydrogen-bond acceptors (Lipinski definition) is 4. The van der Waals surface area contributed by atoms with Gasteiger partial charge in [-0.1, -0.05) is 30.7 Å². The van der Waals surface area contributed by atoms with Gasteiger partial charge >= 0.3 is 0 Å². The lowest BCUT2D eigenvalue weighted by atomic mass is 9.95. The largest absolute Gasteiger partial charge is 0.490 e. The van der Waals surface area contributed by atoms with E-state index in [0.29, 0.717) is 17.7 Å². The summed E-state index contributed by atoms with van der Waals surface area (Å²) in [4.78, 5) is 13.4. The number of ether oxygens (including phenoxy) is 1. The highest BCUT2D eigenvalue weighted by Crippen LogP contribution is 2.31. The molecule has 0 amide bonds. The first-order valence-corrected chi connectivity index (χ1v) is 11.9. The Morgan fingerprint density at radius 1 is 0.969 bits per heavy atom. The van der Waals surface area contributed by atoms with E-state index in [4.69, 9.17) is 4.74 Å². The summed E-state index contributed by atoms with van der Waals surface area (Å²) in [5, 5.41) is 10.4. The standard InChI is InChI=1S/C27H31N3O2/c31-26(15-19-6-7-20-10-12-28-13-11-22(20)14-19)25-9-8-21(23-17-29-30-18-23)16-27(25)32-24-4-2-1-3-5-24/h6-9,14,16-18,24,28H,1-5,10-13,15H2,(H,29,30). The van der Waals surface area contributed by atoms with Gasteiger partial charge in [-0.15, -0.1) is 0 Å². The fourth-order valence-corrected chi connectivity index (χ4v) is 4.92. The number of aromatic amines is 1. The number of carbonyl (C=O) groups excluding carboxylic acids is 1. The summed E-state index contributed by atoms with van der Waals surface area (Å²) in [6, 6.07) is 12.5. The van der Waals surface area contributed by atoms with Crippen molar-refractivity contribution in [2.24, 2.45) is 0 Å². The van der Waals surface area contributed by atoms with Gasteiger partial charge in [-0.25, -0.2) is 0 Å². The van der Waals surface area contributed by atoms with Crippen molar-refractivity contribution in [3.05, 3.63) is 71.0 Å². The van der Waals surface area contributed by atoms with Gasteiger partial charge in [0.2, 0.25) is 0 Å². The van der Waals surface area contributed by atoms with Crippen molar-refractivity contribution in [3.63, 3.8) is 0 Å². The second-order valence-electron chi connectivity index (χ2n) is 9.03. The molecule has 2 heterocycles. The maximum absolute atomic E-state index is 13.4. The normalized spacial score (nSPS) is 16.9. The van der Waals surface area contributed by atoms with E-state index in [9.17, 15) is 4.79 Å². The molecule has 166 valence electrons. The highest BCUT2D eigenvalue weighted by atomic mass is 16.5. The number of hydrogen-bond donors (Lipinski definition) is 2. The molecule has 1 fully saturated rings. The molecule has 1 aliphatic heterocycles. The average Bonchev–Trinajstić information content (AvgIpc) is 3.26. The predicted octanol–water partition coefficient (Wildman–Crippen LogP) is 4.90. The molecule has 3 aromatic rings. The molecule has 1 aliphatic carbocycles. The molecule has 1 aromatic heterocycles. The van der Waals surface area contributed by atoms with Crippen LogP contribution < -0.4 is 10.1 Å². The number of aromatic nitrogens is 2. The SMILES string of the molecule is O=C(Cc1ccc2c(c1)CCNCC2)c1ccc(-c2cn[nH]c2)cc1OC1CCCCC1. The zero-order valence-corrected chi connectivity index (χ0v) is 18.5. The Kier molecular flexibility index (Phi) is 6.35. The van der Waals surface area contributed by atoms with Crippen molar-refractivity contribution in [2.75, 3.05) is 13.1 Å².